The van der Waals surface area contributed by atoms with Gasteiger partial charge in [0.2, 0.25) is 0 Å². The molecular weight excluding hydrogens is 156 g/mol. The third-order valence-electron chi connectivity index (χ3n) is 0.809. The van der Waals surface area contributed by atoms with Crippen LogP contribution in [-0.2, 0) is 0 Å². The first-order valence-corrected chi connectivity index (χ1v) is 3.65. The lowest BCUT2D eigenvalue weighted by Gasteiger charge is -1.58. The maximum atomic E-state index is 3.42. The van der Waals surface area contributed by atoms with Crippen molar-refractivity contribution >= 4 is 0 Å². The summed E-state index contributed by atoms with van der Waals surface area (Å²) in [7, 11) is 0. The zero-order valence-electron chi connectivity index (χ0n) is 7.44. The van der Waals surface area contributed by atoms with Gasteiger partial charge in [0, 0.05) is 0 Å². The molecule has 0 fully saturated rings. The smallest absolute Gasteiger partial charge is 0.0000224 e. The Balaban J connectivity index is 4.06. The zero-order valence-corrected chi connectivity index (χ0v) is 7.44. The van der Waals surface area contributed by atoms with E-state index in [1.54, 1.807) is 6.08 Å². The van der Waals surface area contributed by atoms with E-state index < -0.39 is 0 Å². The van der Waals surface area contributed by atoms with Gasteiger partial charge < -0.3 is 0 Å². The fraction of sp³-hybridized carbons (Fsp3) is 0.0769. The Kier molecular flexibility index (Phi) is 8.02. The van der Waals surface area contributed by atoms with E-state index in [0.717, 1.165) is 0 Å². The molecule has 0 aromatic heterocycles. The molecule has 0 heterocycles. The van der Waals surface area contributed by atoms with Crippen LogP contribution in [-0.4, -0.2) is 0 Å². The van der Waals surface area contributed by atoms with E-state index in [2.05, 4.69) is 53.9 Å². The highest BCUT2D eigenvalue weighted by Gasteiger charge is 1.55. The highest BCUT2D eigenvalue weighted by Crippen LogP contribution is 1.63. The standard InChI is InChI=1S/C13H8/c1-3-5-7-9-11-13-12-10-8-6-4-2/h3-4,6H,1H2,2H3/b6-4-. The summed E-state index contributed by atoms with van der Waals surface area (Å²) in [6.07, 6.45) is 5.05. The molecule has 0 bridgehead atoms. The molecule has 0 aromatic rings. The highest BCUT2D eigenvalue weighted by atomic mass is 13.6. The predicted octanol–water partition coefficient (Wildman–Crippen LogP) is 1.76. The molecule has 0 saturated heterocycles. The van der Waals surface area contributed by atoms with Gasteiger partial charge in [-0.3, -0.25) is 0 Å². The summed E-state index contributed by atoms with van der Waals surface area (Å²) in [5, 5.41) is 0. The van der Waals surface area contributed by atoms with Crippen LogP contribution in [0.25, 0.3) is 0 Å². The van der Waals surface area contributed by atoms with Gasteiger partial charge in [0.1, 0.15) is 0 Å². The summed E-state index contributed by atoms with van der Waals surface area (Å²) < 4.78 is 0. The summed E-state index contributed by atoms with van der Waals surface area (Å²) >= 11 is 0. The first kappa shape index (κ1) is 10.7. The third kappa shape index (κ3) is 9.72. The summed E-state index contributed by atoms with van der Waals surface area (Å²) in [6, 6.07) is 0. The van der Waals surface area contributed by atoms with Crippen LogP contribution in [0.3, 0.4) is 0 Å². The number of rotatable bonds is 0. The van der Waals surface area contributed by atoms with Crippen LogP contribution >= 0.6 is 0 Å². The first-order valence-electron chi connectivity index (χ1n) is 3.65. The second-order valence-electron chi connectivity index (χ2n) is 1.74. The monoisotopic (exact) mass is 164 g/mol. The molecule has 0 unspecified atom stereocenters. The van der Waals surface area contributed by atoms with E-state index in [-0.39, 0.29) is 0 Å². The molecule has 0 aliphatic carbocycles. The fourth-order valence-electron chi connectivity index (χ4n) is 0.373. The van der Waals surface area contributed by atoms with E-state index >= 15 is 0 Å². The number of hydrogen-bond donors (Lipinski definition) is 0. The zero-order chi connectivity index (χ0) is 9.78. The van der Waals surface area contributed by atoms with E-state index in [9.17, 15) is 0 Å². The molecule has 0 spiro atoms. The van der Waals surface area contributed by atoms with E-state index in [0.29, 0.717) is 0 Å². The van der Waals surface area contributed by atoms with Gasteiger partial charge in [-0.05, 0) is 54.6 Å². The van der Waals surface area contributed by atoms with Crippen LogP contribution in [0.5, 0.6) is 0 Å². The first-order chi connectivity index (χ1) is 6.41. The van der Waals surface area contributed by atoms with Crippen LogP contribution in [0.4, 0.5) is 0 Å². The van der Waals surface area contributed by atoms with Gasteiger partial charge in [-0.1, -0.05) is 24.5 Å². The van der Waals surface area contributed by atoms with Crippen molar-refractivity contribution in [2.45, 2.75) is 6.92 Å². The molecule has 0 rings (SSSR count). The van der Waals surface area contributed by atoms with Gasteiger partial charge in [0.05, 0.1) is 0 Å². The molecule has 13 heavy (non-hydrogen) atoms. The van der Waals surface area contributed by atoms with Crippen molar-refractivity contribution in [2.75, 3.05) is 0 Å². The Bertz CT molecular complexity index is 417. The Labute approximate surface area is 79.7 Å². The maximum absolute atomic E-state index is 3.42. The van der Waals surface area contributed by atoms with Gasteiger partial charge in [0.25, 0.3) is 0 Å². The molecule has 0 N–H and O–H groups in total. The molecule has 0 aliphatic heterocycles. The van der Waals surface area contributed by atoms with Crippen molar-refractivity contribution in [1.29, 1.82) is 0 Å². The largest absolute Gasteiger partial charge is 0.0906 e. The van der Waals surface area contributed by atoms with Crippen LogP contribution in [0.15, 0.2) is 24.8 Å². The summed E-state index contributed by atoms with van der Waals surface area (Å²) in [4.78, 5) is 0. The van der Waals surface area contributed by atoms with Gasteiger partial charge in [0.15, 0.2) is 0 Å². The van der Waals surface area contributed by atoms with Gasteiger partial charge in [-0.2, -0.15) is 0 Å². The molecule has 0 radical (unpaired) electrons. The van der Waals surface area contributed by atoms with Crippen molar-refractivity contribution < 1.29 is 0 Å². The Morgan fingerprint density at radius 2 is 1.38 bits per heavy atom. The van der Waals surface area contributed by atoms with Crippen molar-refractivity contribution in [2.24, 2.45) is 0 Å². The SMILES string of the molecule is C=CC#CC#CC#CC#C/C=C\C. The van der Waals surface area contributed by atoms with E-state index in [4.69, 9.17) is 0 Å². The summed E-state index contributed by atoms with van der Waals surface area (Å²) in [5.74, 6) is 20.6. The minimum absolute atomic E-state index is 1.48. The second-order valence-corrected chi connectivity index (χ2v) is 1.74. The molecule has 0 heteroatoms. The average molecular weight is 164 g/mol. The fourth-order valence-corrected chi connectivity index (χ4v) is 0.373. The van der Waals surface area contributed by atoms with E-state index in [1.165, 1.54) is 6.08 Å². The lowest BCUT2D eigenvalue weighted by molar-refractivity contribution is 1.76. The minimum Gasteiger partial charge on any atom is -0.0906 e. The van der Waals surface area contributed by atoms with Crippen LogP contribution in [0.1, 0.15) is 6.92 Å². The predicted molar refractivity (Wildman–Crippen MR) is 56.1 cm³/mol. The Morgan fingerprint density at radius 1 is 0.846 bits per heavy atom. The van der Waals surface area contributed by atoms with Crippen molar-refractivity contribution in [3.63, 3.8) is 0 Å². The third-order valence-corrected chi connectivity index (χ3v) is 0.809. The molecule has 60 valence electrons. The number of hydrogen-bond acceptors (Lipinski definition) is 0. The normalized spacial score (nSPS) is 5.92. The molecule has 0 saturated carbocycles. The van der Waals surface area contributed by atoms with Crippen molar-refractivity contribution in [3.8, 4) is 47.4 Å². The molecule has 0 aromatic carbocycles. The quantitative estimate of drug-likeness (QED) is 0.478. The molecule has 0 nitrogen and oxygen atoms in total. The van der Waals surface area contributed by atoms with Gasteiger partial charge in [-0.15, -0.1) is 0 Å². The molecule has 0 aliphatic rings. The molecule has 0 amide bonds. The molecular formula is C13H8. The summed E-state index contributed by atoms with van der Waals surface area (Å²) in [5.41, 5.74) is 0. The lowest BCUT2D eigenvalue weighted by atomic mass is 10.5. The van der Waals surface area contributed by atoms with Crippen LogP contribution in [0.2, 0.25) is 0 Å². The second kappa shape index (κ2) is 9.72. The number of allylic oxidation sites excluding steroid dienone is 3. The average Bonchev–Trinajstić information content (AvgIpc) is 2.16. The topological polar surface area (TPSA) is 0 Å². The van der Waals surface area contributed by atoms with E-state index in [1.807, 2.05) is 13.0 Å². The lowest BCUT2D eigenvalue weighted by Crippen LogP contribution is -1.53. The Morgan fingerprint density at radius 3 is 1.92 bits per heavy atom. The highest BCUT2D eigenvalue weighted by molar-refractivity contribution is 5.41. The van der Waals surface area contributed by atoms with Gasteiger partial charge >= 0.3 is 0 Å². The maximum Gasteiger partial charge on any atom is -0.0000224 e. The minimum atomic E-state index is 1.48. The van der Waals surface area contributed by atoms with Crippen LogP contribution < -0.4 is 0 Å². The van der Waals surface area contributed by atoms with Gasteiger partial charge in [-0.25, -0.2) is 0 Å². The Hall–Kier alpha value is -2.28. The van der Waals surface area contributed by atoms with Crippen LogP contribution in [0, 0.1) is 47.4 Å². The summed E-state index contributed by atoms with van der Waals surface area (Å²) in [6.45, 7) is 5.32. The molecule has 0 atom stereocenters. The van der Waals surface area contributed by atoms with Crippen molar-refractivity contribution in [3.05, 3.63) is 24.8 Å². The van der Waals surface area contributed by atoms with Crippen molar-refractivity contribution in [1.82, 2.24) is 0 Å².